The van der Waals surface area contributed by atoms with Crippen LogP contribution >= 0.6 is 0 Å². The van der Waals surface area contributed by atoms with E-state index in [1.165, 1.54) is 30.4 Å². The number of hydrogen-bond donors (Lipinski definition) is 1. The Bertz CT molecular complexity index is 514. The van der Waals surface area contributed by atoms with Crippen LogP contribution in [0.1, 0.15) is 49.4 Å². The molecule has 1 heterocycles. The molecule has 19 heavy (non-hydrogen) atoms. The molecule has 3 heteroatoms. The number of aryl methyl sites for hydroxylation is 1. The van der Waals surface area contributed by atoms with Gasteiger partial charge in [-0.25, -0.2) is 0 Å². The summed E-state index contributed by atoms with van der Waals surface area (Å²) in [6, 6.07) is 9.06. The summed E-state index contributed by atoms with van der Waals surface area (Å²) in [5.74, 6) is 0.350. The van der Waals surface area contributed by atoms with E-state index in [0.29, 0.717) is 11.9 Å². The lowest BCUT2D eigenvalue weighted by atomic mass is 9.90. The number of amides is 1. The summed E-state index contributed by atoms with van der Waals surface area (Å²) in [6.07, 6.45) is 5.73. The zero-order chi connectivity index (χ0) is 13.0. The standard InChI is InChI=1S/C16H20N2O/c1-11-5-7-12(8-6-11)14-17-16(9-10-16)15(19)18(14)13-3-2-4-13/h5-8,13-14,17H,2-4,9-10H2,1H3. The first-order valence-corrected chi connectivity index (χ1v) is 7.37. The minimum atomic E-state index is -0.203. The Morgan fingerprint density at radius 2 is 1.89 bits per heavy atom. The maximum atomic E-state index is 12.6. The highest BCUT2D eigenvalue weighted by Gasteiger charge is 2.60. The Labute approximate surface area is 114 Å². The van der Waals surface area contributed by atoms with Crippen LogP contribution in [0, 0.1) is 6.92 Å². The fourth-order valence-electron chi connectivity index (χ4n) is 3.27. The van der Waals surface area contributed by atoms with Gasteiger partial charge in [0, 0.05) is 6.04 Å². The van der Waals surface area contributed by atoms with Gasteiger partial charge in [0.05, 0.1) is 0 Å². The number of rotatable bonds is 2. The molecule has 2 saturated carbocycles. The second kappa shape index (κ2) is 3.83. The highest BCUT2D eigenvalue weighted by molar-refractivity contribution is 5.92. The SMILES string of the molecule is Cc1ccc(C2NC3(CC3)C(=O)N2C2CCC2)cc1. The summed E-state index contributed by atoms with van der Waals surface area (Å²) >= 11 is 0. The molecule has 0 aromatic heterocycles. The number of carbonyl (C=O) groups is 1. The van der Waals surface area contributed by atoms with Crippen LogP contribution in [0.2, 0.25) is 0 Å². The van der Waals surface area contributed by atoms with Crippen molar-refractivity contribution in [2.45, 2.75) is 56.8 Å². The minimum absolute atomic E-state index is 0.0981. The van der Waals surface area contributed by atoms with Gasteiger partial charge in [0.25, 0.3) is 0 Å². The van der Waals surface area contributed by atoms with E-state index in [2.05, 4.69) is 41.4 Å². The first-order chi connectivity index (χ1) is 9.20. The number of hydrogen-bond acceptors (Lipinski definition) is 2. The van der Waals surface area contributed by atoms with Crippen molar-refractivity contribution >= 4 is 5.91 Å². The second-order valence-electron chi connectivity index (χ2n) is 6.34. The molecular weight excluding hydrogens is 236 g/mol. The predicted molar refractivity (Wildman–Crippen MR) is 73.5 cm³/mol. The van der Waals surface area contributed by atoms with Gasteiger partial charge in [-0.2, -0.15) is 0 Å². The summed E-state index contributed by atoms with van der Waals surface area (Å²) in [6.45, 7) is 2.10. The van der Waals surface area contributed by atoms with E-state index in [1.54, 1.807) is 0 Å². The highest BCUT2D eigenvalue weighted by Crippen LogP contribution is 2.48. The quantitative estimate of drug-likeness (QED) is 0.882. The van der Waals surface area contributed by atoms with Crippen LogP contribution in [0.25, 0.3) is 0 Å². The first-order valence-electron chi connectivity index (χ1n) is 7.37. The Kier molecular flexibility index (Phi) is 2.31. The zero-order valence-corrected chi connectivity index (χ0v) is 11.4. The Morgan fingerprint density at radius 1 is 1.21 bits per heavy atom. The molecule has 1 saturated heterocycles. The van der Waals surface area contributed by atoms with Crippen molar-refractivity contribution in [3.05, 3.63) is 35.4 Å². The molecule has 2 aliphatic carbocycles. The van der Waals surface area contributed by atoms with E-state index < -0.39 is 0 Å². The van der Waals surface area contributed by atoms with Crippen molar-refractivity contribution in [1.29, 1.82) is 0 Å². The van der Waals surface area contributed by atoms with Crippen molar-refractivity contribution in [2.75, 3.05) is 0 Å². The van der Waals surface area contributed by atoms with Crippen molar-refractivity contribution in [3.8, 4) is 0 Å². The van der Waals surface area contributed by atoms with Crippen LogP contribution in [0.15, 0.2) is 24.3 Å². The van der Waals surface area contributed by atoms with Crippen molar-refractivity contribution in [3.63, 3.8) is 0 Å². The van der Waals surface area contributed by atoms with E-state index in [0.717, 1.165) is 12.8 Å². The van der Waals surface area contributed by atoms with Gasteiger partial charge >= 0.3 is 0 Å². The van der Waals surface area contributed by atoms with E-state index in [9.17, 15) is 4.79 Å². The third-order valence-corrected chi connectivity index (χ3v) is 4.95. The van der Waals surface area contributed by atoms with Crippen LogP contribution in [0.3, 0.4) is 0 Å². The van der Waals surface area contributed by atoms with Gasteiger partial charge in [-0.3, -0.25) is 10.1 Å². The van der Waals surface area contributed by atoms with Gasteiger partial charge in [0.15, 0.2) is 0 Å². The second-order valence-corrected chi connectivity index (χ2v) is 6.34. The third kappa shape index (κ3) is 1.64. The fourth-order valence-corrected chi connectivity index (χ4v) is 3.27. The van der Waals surface area contributed by atoms with Crippen molar-refractivity contribution in [1.82, 2.24) is 10.2 Å². The zero-order valence-electron chi connectivity index (χ0n) is 11.4. The average molecular weight is 256 g/mol. The van der Waals surface area contributed by atoms with Crippen LogP contribution in [-0.4, -0.2) is 22.4 Å². The number of nitrogens with one attached hydrogen (secondary N) is 1. The van der Waals surface area contributed by atoms with Crippen LogP contribution in [0.4, 0.5) is 0 Å². The topological polar surface area (TPSA) is 32.3 Å². The summed E-state index contributed by atoms with van der Waals surface area (Å²) in [5, 5.41) is 3.60. The van der Waals surface area contributed by atoms with Crippen LogP contribution in [-0.2, 0) is 4.79 Å². The first kappa shape index (κ1) is 11.5. The van der Waals surface area contributed by atoms with E-state index in [-0.39, 0.29) is 11.7 Å². The Balaban J connectivity index is 1.68. The molecule has 1 spiro atoms. The smallest absolute Gasteiger partial charge is 0.244 e. The Hall–Kier alpha value is -1.35. The van der Waals surface area contributed by atoms with E-state index >= 15 is 0 Å². The molecule has 0 radical (unpaired) electrons. The summed E-state index contributed by atoms with van der Waals surface area (Å²) in [5.41, 5.74) is 2.30. The summed E-state index contributed by atoms with van der Waals surface area (Å²) in [7, 11) is 0. The summed E-state index contributed by atoms with van der Waals surface area (Å²) < 4.78 is 0. The normalized spacial score (nSPS) is 28.8. The molecule has 1 atom stereocenters. The largest absolute Gasteiger partial charge is 0.318 e. The number of carbonyl (C=O) groups excluding carboxylic acids is 1. The molecule has 3 nitrogen and oxygen atoms in total. The maximum Gasteiger partial charge on any atom is 0.244 e. The lowest BCUT2D eigenvalue weighted by Crippen LogP contribution is -2.44. The molecule has 3 aliphatic rings. The highest BCUT2D eigenvalue weighted by atomic mass is 16.2. The molecular formula is C16H20N2O. The average Bonchev–Trinajstić information content (AvgIpc) is 3.07. The van der Waals surface area contributed by atoms with Gasteiger partial charge in [-0.15, -0.1) is 0 Å². The van der Waals surface area contributed by atoms with Gasteiger partial charge in [-0.05, 0) is 44.6 Å². The molecule has 1 aromatic carbocycles. The molecule has 1 unspecified atom stereocenters. The minimum Gasteiger partial charge on any atom is -0.318 e. The molecule has 1 aromatic rings. The fraction of sp³-hybridized carbons (Fsp3) is 0.562. The molecule has 1 amide bonds. The van der Waals surface area contributed by atoms with Gasteiger partial charge < -0.3 is 4.90 Å². The van der Waals surface area contributed by atoms with E-state index in [1.807, 2.05) is 0 Å². The third-order valence-electron chi connectivity index (χ3n) is 4.95. The number of nitrogens with zero attached hydrogens (tertiary/aromatic N) is 1. The lowest BCUT2D eigenvalue weighted by Gasteiger charge is -2.38. The monoisotopic (exact) mass is 256 g/mol. The lowest BCUT2D eigenvalue weighted by molar-refractivity contribution is -0.134. The number of benzene rings is 1. The molecule has 0 bridgehead atoms. The molecule has 4 rings (SSSR count). The summed E-state index contributed by atoms with van der Waals surface area (Å²) in [4.78, 5) is 14.8. The molecule has 1 aliphatic heterocycles. The van der Waals surface area contributed by atoms with Crippen LogP contribution < -0.4 is 5.32 Å². The van der Waals surface area contributed by atoms with Crippen LogP contribution in [0.5, 0.6) is 0 Å². The van der Waals surface area contributed by atoms with Crippen molar-refractivity contribution in [2.24, 2.45) is 0 Å². The molecule has 1 N–H and O–H groups in total. The Morgan fingerprint density at radius 3 is 2.42 bits per heavy atom. The van der Waals surface area contributed by atoms with Gasteiger partial charge in [0.1, 0.15) is 11.7 Å². The molecule has 3 fully saturated rings. The van der Waals surface area contributed by atoms with Crippen molar-refractivity contribution < 1.29 is 4.79 Å². The predicted octanol–water partition coefficient (Wildman–Crippen LogP) is 2.51. The molecule has 100 valence electrons. The maximum absolute atomic E-state index is 12.6. The van der Waals surface area contributed by atoms with E-state index in [4.69, 9.17) is 0 Å². The van der Waals surface area contributed by atoms with Gasteiger partial charge in [-0.1, -0.05) is 29.8 Å². The van der Waals surface area contributed by atoms with Gasteiger partial charge in [0.2, 0.25) is 5.91 Å².